The highest BCUT2D eigenvalue weighted by Gasteiger charge is 2.52. The number of hydrogen-bond donors (Lipinski definition) is 1. The van der Waals surface area contributed by atoms with E-state index in [2.05, 4.69) is 55.4 Å². The molecule has 2 nitrogen and oxygen atoms in total. The van der Waals surface area contributed by atoms with E-state index in [1.165, 1.54) is 5.57 Å². The molecular formula is C20H30O2. The number of benzene rings is 1. The first-order valence-electron chi connectivity index (χ1n) is 8.06. The van der Waals surface area contributed by atoms with Crippen LogP contribution in [0.4, 0.5) is 0 Å². The highest BCUT2D eigenvalue weighted by molar-refractivity contribution is 5.69. The summed E-state index contributed by atoms with van der Waals surface area (Å²) in [5.41, 5.74) is 2.27. The Kier molecular flexibility index (Phi) is 3.88. The minimum Gasteiger partial charge on any atom is -0.508 e. The Morgan fingerprint density at radius 1 is 1.05 bits per heavy atom. The van der Waals surface area contributed by atoms with Gasteiger partial charge in [-0.1, -0.05) is 67.5 Å². The first kappa shape index (κ1) is 16.9. The summed E-state index contributed by atoms with van der Waals surface area (Å²) in [5.74, 6) is 1.21. The third kappa shape index (κ3) is 2.88. The molecule has 1 aromatic carbocycles. The Morgan fingerprint density at radius 2 is 1.64 bits per heavy atom. The van der Waals surface area contributed by atoms with Crippen LogP contribution in [0.15, 0.2) is 29.8 Å². The van der Waals surface area contributed by atoms with Gasteiger partial charge >= 0.3 is 0 Å². The molecule has 1 aromatic rings. The molecule has 2 heteroatoms. The predicted molar refractivity (Wildman–Crippen MR) is 92.6 cm³/mol. The zero-order chi connectivity index (χ0) is 16.9. The lowest BCUT2D eigenvalue weighted by atomic mass is 9.64. The van der Waals surface area contributed by atoms with Gasteiger partial charge in [-0.05, 0) is 28.5 Å². The average Bonchev–Trinajstić information content (AvgIpc) is 2.60. The first-order chi connectivity index (χ1) is 9.85. The Balaban J connectivity index is 2.66. The van der Waals surface area contributed by atoms with Crippen LogP contribution in [-0.2, 0) is 4.74 Å². The molecule has 0 saturated heterocycles. The van der Waals surface area contributed by atoms with Crippen LogP contribution in [0.25, 0.3) is 5.76 Å². The van der Waals surface area contributed by atoms with Crippen molar-refractivity contribution in [1.82, 2.24) is 0 Å². The Labute approximate surface area is 135 Å². The fourth-order valence-corrected chi connectivity index (χ4v) is 4.17. The first-order valence-corrected chi connectivity index (χ1v) is 8.06. The summed E-state index contributed by atoms with van der Waals surface area (Å²) < 4.78 is 6.49. The van der Waals surface area contributed by atoms with Gasteiger partial charge in [-0.15, -0.1) is 0 Å². The maximum absolute atomic E-state index is 9.84. The standard InChI is InChI=1S/C20H30O2/c1-18(2,3)16-15(13-10-9-11-14(21)12-13)22-17(19(4,5)6)20(16,7)8/h9-12,17,21H,1-8H3. The Hall–Kier alpha value is -1.44. The molecule has 1 unspecified atom stereocenters. The van der Waals surface area contributed by atoms with Crippen molar-refractivity contribution in [3.05, 3.63) is 35.4 Å². The minimum atomic E-state index is -0.0582. The van der Waals surface area contributed by atoms with Gasteiger partial charge in [0.1, 0.15) is 17.6 Å². The fourth-order valence-electron chi connectivity index (χ4n) is 4.17. The normalized spacial score (nSPS) is 21.9. The molecule has 1 atom stereocenters. The SMILES string of the molecule is CC(C)(C)C1=C(c2cccc(O)c2)OC(C(C)(C)C)C1(C)C. The van der Waals surface area contributed by atoms with E-state index in [4.69, 9.17) is 4.74 Å². The second-order valence-corrected chi connectivity index (χ2v) is 9.09. The molecule has 0 amide bonds. The van der Waals surface area contributed by atoms with E-state index in [0.29, 0.717) is 0 Å². The molecule has 0 aliphatic carbocycles. The molecule has 0 spiro atoms. The third-order valence-electron chi connectivity index (χ3n) is 4.41. The summed E-state index contributed by atoms with van der Waals surface area (Å²) in [6, 6.07) is 7.38. The van der Waals surface area contributed by atoms with Crippen molar-refractivity contribution >= 4 is 5.76 Å². The number of hydrogen-bond acceptors (Lipinski definition) is 2. The van der Waals surface area contributed by atoms with Crippen LogP contribution in [0, 0.1) is 16.2 Å². The van der Waals surface area contributed by atoms with Crippen molar-refractivity contribution < 1.29 is 9.84 Å². The largest absolute Gasteiger partial charge is 0.508 e. The second kappa shape index (κ2) is 5.04. The van der Waals surface area contributed by atoms with Gasteiger partial charge in [0.15, 0.2) is 0 Å². The van der Waals surface area contributed by atoms with Gasteiger partial charge < -0.3 is 9.84 Å². The summed E-state index contributed by atoms with van der Waals surface area (Å²) in [6.45, 7) is 17.9. The van der Waals surface area contributed by atoms with E-state index in [1.807, 2.05) is 12.1 Å². The van der Waals surface area contributed by atoms with Gasteiger partial charge in [0.25, 0.3) is 0 Å². The maximum Gasteiger partial charge on any atom is 0.127 e. The van der Waals surface area contributed by atoms with Crippen molar-refractivity contribution in [2.24, 2.45) is 16.2 Å². The molecule has 0 fully saturated rings. The van der Waals surface area contributed by atoms with Crippen LogP contribution in [0.2, 0.25) is 0 Å². The highest BCUT2D eigenvalue weighted by Crippen LogP contribution is 2.56. The van der Waals surface area contributed by atoms with Gasteiger partial charge in [-0.25, -0.2) is 0 Å². The van der Waals surface area contributed by atoms with E-state index in [9.17, 15) is 5.11 Å². The zero-order valence-corrected chi connectivity index (χ0v) is 15.2. The molecule has 1 N–H and O–H groups in total. The number of aromatic hydroxyl groups is 1. The van der Waals surface area contributed by atoms with Crippen molar-refractivity contribution in [2.45, 2.75) is 61.5 Å². The number of phenolic OH excluding ortho intramolecular Hbond substituents is 1. The smallest absolute Gasteiger partial charge is 0.127 e. The lowest BCUT2D eigenvalue weighted by Gasteiger charge is -2.40. The topological polar surface area (TPSA) is 29.5 Å². The summed E-state index contributed by atoms with van der Waals surface area (Å²) in [7, 11) is 0. The minimum absolute atomic E-state index is 0.00426. The zero-order valence-electron chi connectivity index (χ0n) is 15.2. The van der Waals surface area contributed by atoms with Gasteiger partial charge in [0.2, 0.25) is 0 Å². The molecule has 0 aromatic heterocycles. The van der Waals surface area contributed by atoms with Gasteiger partial charge in [0.05, 0.1) is 0 Å². The molecule has 1 aliphatic heterocycles. The average molecular weight is 302 g/mol. The lowest BCUT2D eigenvalue weighted by Crippen LogP contribution is -2.40. The molecule has 0 radical (unpaired) electrons. The van der Waals surface area contributed by atoms with Crippen molar-refractivity contribution in [1.29, 1.82) is 0 Å². The summed E-state index contributed by atoms with van der Waals surface area (Å²) in [6.07, 6.45) is 0.103. The lowest BCUT2D eigenvalue weighted by molar-refractivity contribution is 0.00753. The summed E-state index contributed by atoms with van der Waals surface area (Å²) >= 11 is 0. The Morgan fingerprint density at radius 3 is 2.09 bits per heavy atom. The van der Waals surface area contributed by atoms with E-state index in [-0.39, 0.29) is 28.1 Å². The van der Waals surface area contributed by atoms with Gasteiger partial charge in [-0.2, -0.15) is 0 Å². The number of ether oxygens (including phenoxy) is 1. The number of rotatable bonds is 1. The van der Waals surface area contributed by atoms with Gasteiger partial charge in [0, 0.05) is 11.0 Å². The van der Waals surface area contributed by atoms with E-state index in [1.54, 1.807) is 12.1 Å². The molecule has 0 saturated carbocycles. The predicted octanol–water partition coefficient (Wildman–Crippen LogP) is 5.62. The second-order valence-electron chi connectivity index (χ2n) is 9.09. The third-order valence-corrected chi connectivity index (χ3v) is 4.41. The molecule has 1 aliphatic rings. The van der Waals surface area contributed by atoms with Crippen molar-refractivity contribution in [3.63, 3.8) is 0 Å². The molecule has 0 bridgehead atoms. The monoisotopic (exact) mass is 302 g/mol. The van der Waals surface area contributed by atoms with E-state index in [0.717, 1.165) is 11.3 Å². The van der Waals surface area contributed by atoms with E-state index >= 15 is 0 Å². The van der Waals surface area contributed by atoms with Crippen LogP contribution in [-0.4, -0.2) is 11.2 Å². The molecule has 1 heterocycles. The quantitative estimate of drug-likeness (QED) is 0.729. The van der Waals surface area contributed by atoms with E-state index < -0.39 is 0 Å². The summed E-state index contributed by atoms with van der Waals surface area (Å²) in [5, 5.41) is 9.84. The van der Waals surface area contributed by atoms with Crippen molar-refractivity contribution in [2.75, 3.05) is 0 Å². The fraction of sp³-hybridized carbons (Fsp3) is 0.600. The Bertz CT molecular complexity index is 595. The molecular weight excluding hydrogens is 272 g/mol. The van der Waals surface area contributed by atoms with Crippen LogP contribution < -0.4 is 0 Å². The van der Waals surface area contributed by atoms with Crippen LogP contribution in [0.1, 0.15) is 61.0 Å². The van der Waals surface area contributed by atoms with Crippen molar-refractivity contribution in [3.8, 4) is 5.75 Å². The van der Waals surface area contributed by atoms with Gasteiger partial charge in [-0.3, -0.25) is 0 Å². The summed E-state index contributed by atoms with van der Waals surface area (Å²) in [4.78, 5) is 0. The molecule has 2 rings (SSSR count). The van der Waals surface area contributed by atoms with Crippen LogP contribution >= 0.6 is 0 Å². The molecule has 22 heavy (non-hydrogen) atoms. The highest BCUT2D eigenvalue weighted by atomic mass is 16.5. The van der Waals surface area contributed by atoms with Crippen LogP contribution in [0.5, 0.6) is 5.75 Å². The number of phenols is 1. The van der Waals surface area contributed by atoms with Crippen LogP contribution in [0.3, 0.4) is 0 Å². The maximum atomic E-state index is 9.84. The molecule has 122 valence electrons.